The number of para-hydroxylation sites is 1. The van der Waals surface area contributed by atoms with Gasteiger partial charge in [-0.3, -0.25) is 0 Å². The van der Waals surface area contributed by atoms with Gasteiger partial charge in [0.15, 0.2) is 11.5 Å². The highest BCUT2D eigenvalue weighted by Gasteiger charge is 2.10. The van der Waals surface area contributed by atoms with Crippen LogP contribution in [0.2, 0.25) is 0 Å². The molecule has 0 saturated heterocycles. The van der Waals surface area contributed by atoms with E-state index in [1.165, 1.54) is 0 Å². The van der Waals surface area contributed by atoms with Gasteiger partial charge >= 0.3 is 0 Å². The molecule has 1 rings (SSSR count). The lowest BCUT2D eigenvalue weighted by molar-refractivity contribution is 0.199. The predicted molar refractivity (Wildman–Crippen MR) is 82.8 cm³/mol. The van der Waals surface area contributed by atoms with Crippen molar-refractivity contribution in [2.24, 2.45) is 0 Å². The highest BCUT2D eigenvalue weighted by atomic mass is 35.5. The zero-order chi connectivity index (χ0) is 13.9. The first kappa shape index (κ1) is 18.6. The lowest BCUT2D eigenvalue weighted by atomic mass is 10.2. The van der Waals surface area contributed by atoms with Crippen molar-refractivity contribution in [1.82, 2.24) is 5.32 Å². The minimum absolute atomic E-state index is 0. The molecule has 0 amide bonds. The Morgan fingerprint density at radius 1 is 1.30 bits per heavy atom. The van der Waals surface area contributed by atoms with E-state index in [2.05, 4.69) is 11.2 Å². The minimum Gasteiger partial charge on any atom is -0.490 e. The van der Waals surface area contributed by atoms with Gasteiger partial charge in [0, 0.05) is 25.8 Å². The average molecular weight is 300 g/mol. The van der Waals surface area contributed by atoms with Crippen LogP contribution in [-0.2, 0) is 11.3 Å². The van der Waals surface area contributed by atoms with Crippen LogP contribution in [0, 0.1) is 12.3 Å². The fraction of sp³-hybridized carbons (Fsp3) is 0.467. The summed E-state index contributed by atoms with van der Waals surface area (Å²) in [6, 6.07) is 5.82. The van der Waals surface area contributed by atoms with E-state index in [0.29, 0.717) is 25.5 Å². The summed E-state index contributed by atoms with van der Waals surface area (Å²) in [5.74, 6) is 3.91. The van der Waals surface area contributed by atoms with E-state index < -0.39 is 0 Å². The van der Waals surface area contributed by atoms with Gasteiger partial charge in [-0.1, -0.05) is 18.1 Å². The van der Waals surface area contributed by atoms with Crippen LogP contribution in [-0.4, -0.2) is 33.5 Å². The summed E-state index contributed by atoms with van der Waals surface area (Å²) in [6.07, 6.45) is 5.24. The summed E-state index contributed by atoms with van der Waals surface area (Å²) in [6.45, 7) is 4.90. The second-order valence-electron chi connectivity index (χ2n) is 3.84. The summed E-state index contributed by atoms with van der Waals surface area (Å²) in [5, 5.41) is 3.28. The number of rotatable bonds is 9. The van der Waals surface area contributed by atoms with E-state index in [1.807, 2.05) is 25.1 Å². The van der Waals surface area contributed by atoms with Gasteiger partial charge in [0.2, 0.25) is 0 Å². The van der Waals surface area contributed by atoms with Crippen molar-refractivity contribution in [2.75, 3.05) is 33.5 Å². The molecule has 0 atom stereocenters. The number of ether oxygens (including phenoxy) is 3. The summed E-state index contributed by atoms with van der Waals surface area (Å²) in [5.41, 5.74) is 1.03. The standard InChI is InChI=1S/C15H21NO3.ClH/c1-4-10-19-15-13(12-16-9-11-17-3)7-6-8-14(15)18-5-2;/h1,6-8,16H,5,9-12H2,2-3H3;1H. The van der Waals surface area contributed by atoms with Crippen molar-refractivity contribution >= 4 is 12.4 Å². The maximum absolute atomic E-state index is 5.59. The van der Waals surface area contributed by atoms with E-state index in [9.17, 15) is 0 Å². The Kier molecular flexibility index (Phi) is 10.6. The van der Waals surface area contributed by atoms with Crippen molar-refractivity contribution in [3.05, 3.63) is 23.8 Å². The van der Waals surface area contributed by atoms with Crippen molar-refractivity contribution in [3.8, 4) is 23.8 Å². The molecule has 0 aliphatic heterocycles. The third-order valence-electron chi connectivity index (χ3n) is 2.46. The number of nitrogens with one attached hydrogen (secondary N) is 1. The number of hydrogen-bond donors (Lipinski definition) is 1. The Hall–Kier alpha value is -1.41. The van der Waals surface area contributed by atoms with Crippen molar-refractivity contribution in [2.45, 2.75) is 13.5 Å². The van der Waals surface area contributed by atoms with Gasteiger partial charge in [-0.25, -0.2) is 0 Å². The molecule has 1 aromatic carbocycles. The second kappa shape index (κ2) is 11.4. The van der Waals surface area contributed by atoms with Crippen LogP contribution < -0.4 is 14.8 Å². The van der Waals surface area contributed by atoms with Gasteiger partial charge in [0.05, 0.1) is 13.2 Å². The number of halogens is 1. The predicted octanol–water partition coefficient (Wildman–Crippen LogP) is 2.26. The molecule has 0 saturated carbocycles. The maximum atomic E-state index is 5.59. The van der Waals surface area contributed by atoms with E-state index in [4.69, 9.17) is 20.6 Å². The molecule has 0 fully saturated rings. The largest absolute Gasteiger partial charge is 0.490 e. The van der Waals surface area contributed by atoms with Crippen LogP contribution in [0.25, 0.3) is 0 Å². The molecule has 0 aliphatic rings. The lowest BCUT2D eigenvalue weighted by Crippen LogP contribution is -2.19. The molecular weight excluding hydrogens is 278 g/mol. The quantitative estimate of drug-likeness (QED) is 0.561. The SMILES string of the molecule is C#CCOc1c(CNCCOC)cccc1OCC.Cl. The monoisotopic (exact) mass is 299 g/mol. The minimum atomic E-state index is 0. The topological polar surface area (TPSA) is 39.7 Å². The Morgan fingerprint density at radius 2 is 2.10 bits per heavy atom. The van der Waals surface area contributed by atoms with Gasteiger partial charge < -0.3 is 19.5 Å². The van der Waals surface area contributed by atoms with Crippen LogP contribution in [0.4, 0.5) is 0 Å². The summed E-state index contributed by atoms with van der Waals surface area (Å²) in [7, 11) is 1.68. The lowest BCUT2D eigenvalue weighted by Gasteiger charge is -2.15. The van der Waals surface area contributed by atoms with E-state index >= 15 is 0 Å². The first-order valence-corrected chi connectivity index (χ1v) is 6.34. The molecule has 0 spiro atoms. The van der Waals surface area contributed by atoms with E-state index in [-0.39, 0.29) is 19.0 Å². The van der Waals surface area contributed by atoms with Crippen LogP contribution in [0.1, 0.15) is 12.5 Å². The highest BCUT2D eigenvalue weighted by molar-refractivity contribution is 5.85. The van der Waals surface area contributed by atoms with Gasteiger partial charge in [-0.2, -0.15) is 0 Å². The summed E-state index contributed by atoms with van der Waals surface area (Å²) >= 11 is 0. The van der Waals surface area contributed by atoms with Crippen LogP contribution in [0.5, 0.6) is 11.5 Å². The van der Waals surface area contributed by atoms with Crippen LogP contribution >= 0.6 is 12.4 Å². The fourth-order valence-electron chi connectivity index (χ4n) is 1.64. The van der Waals surface area contributed by atoms with Crippen LogP contribution in [0.15, 0.2) is 18.2 Å². The number of methoxy groups -OCH3 is 1. The zero-order valence-corrected chi connectivity index (χ0v) is 12.8. The molecule has 0 unspecified atom stereocenters. The van der Waals surface area contributed by atoms with Gasteiger partial charge in [-0.15, -0.1) is 18.8 Å². The molecular formula is C15H22ClNO3. The smallest absolute Gasteiger partial charge is 0.167 e. The van der Waals surface area contributed by atoms with Crippen molar-refractivity contribution in [3.63, 3.8) is 0 Å². The van der Waals surface area contributed by atoms with Gasteiger partial charge in [0.25, 0.3) is 0 Å². The van der Waals surface area contributed by atoms with Crippen LogP contribution in [0.3, 0.4) is 0 Å². The maximum Gasteiger partial charge on any atom is 0.167 e. The zero-order valence-electron chi connectivity index (χ0n) is 12.0. The summed E-state index contributed by atoms with van der Waals surface area (Å²) in [4.78, 5) is 0. The Balaban J connectivity index is 0.00000361. The molecule has 0 aromatic heterocycles. The molecule has 4 nitrogen and oxygen atoms in total. The Labute approximate surface area is 127 Å². The molecule has 0 heterocycles. The molecule has 112 valence electrons. The molecule has 20 heavy (non-hydrogen) atoms. The third-order valence-corrected chi connectivity index (χ3v) is 2.46. The third kappa shape index (κ3) is 6.16. The molecule has 5 heteroatoms. The fourth-order valence-corrected chi connectivity index (χ4v) is 1.64. The van der Waals surface area contributed by atoms with Gasteiger partial charge in [-0.05, 0) is 13.0 Å². The molecule has 1 aromatic rings. The number of hydrogen-bond acceptors (Lipinski definition) is 4. The summed E-state index contributed by atoms with van der Waals surface area (Å²) < 4.78 is 16.1. The number of benzene rings is 1. The van der Waals surface area contributed by atoms with Gasteiger partial charge in [0.1, 0.15) is 6.61 Å². The molecule has 1 N–H and O–H groups in total. The molecule has 0 aliphatic carbocycles. The number of terminal acetylenes is 1. The normalized spacial score (nSPS) is 9.45. The Bertz CT molecular complexity index is 418. The van der Waals surface area contributed by atoms with Crippen molar-refractivity contribution < 1.29 is 14.2 Å². The molecule has 0 bridgehead atoms. The Morgan fingerprint density at radius 3 is 2.75 bits per heavy atom. The van der Waals surface area contributed by atoms with E-state index in [0.717, 1.165) is 17.9 Å². The first-order chi connectivity index (χ1) is 9.33. The van der Waals surface area contributed by atoms with E-state index in [1.54, 1.807) is 7.11 Å². The first-order valence-electron chi connectivity index (χ1n) is 6.34. The van der Waals surface area contributed by atoms with Crippen molar-refractivity contribution in [1.29, 1.82) is 0 Å². The second-order valence-corrected chi connectivity index (χ2v) is 3.84. The highest BCUT2D eigenvalue weighted by Crippen LogP contribution is 2.31. The average Bonchev–Trinajstić information content (AvgIpc) is 2.43. The molecule has 0 radical (unpaired) electrons.